The first-order valence-corrected chi connectivity index (χ1v) is 12.5. The minimum absolute atomic E-state index is 0.0640. The van der Waals surface area contributed by atoms with Crippen LogP contribution in [0.2, 0.25) is 0 Å². The fourth-order valence-corrected chi connectivity index (χ4v) is 4.72. The zero-order valence-corrected chi connectivity index (χ0v) is 21.3. The zero-order chi connectivity index (χ0) is 24.2. The van der Waals surface area contributed by atoms with E-state index in [1.807, 2.05) is 12.3 Å². The van der Waals surface area contributed by atoms with Gasteiger partial charge >= 0.3 is 0 Å². The first kappa shape index (κ1) is 23.8. The van der Waals surface area contributed by atoms with Crippen molar-refractivity contribution in [2.75, 3.05) is 5.32 Å². The van der Waals surface area contributed by atoms with Gasteiger partial charge in [-0.05, 0) is 64.3 Å². The summed E-state index contributed by atoms with van der Waals surface area (Å²) < 4.78 is 0. The smallest absolute Gasteiger partial charge is 0.0943 e. The van der Waals surface area contributed by atoms with E-state index in [1.54, 1.807) is 0 Å². The molecule has 0 radical (unpaired) electrons. The number of aromatic nitrogens is 2. The van der Waals surface area contributed by atoms with Gasteiger partial charge in [0.1, 0.15) is 0 Å². The number of para-hydroxylation sites is 1. The number of benzene rings is 2. The lowest BCUT2D eigenvalue weighted by Gasteiger charge is -2.28. The summed E-state index contributed by atoms with van der Waals surface area (Å²) in [6.45, 7) is 13.6. The third kappa shape index (κ3) is 4.94. The second kappa shape index (κ2) is 10.3. The Morgan fingerprint density at radius 1 is 0.618 bits per heavy atom. The van der Waals surface area contributed by atoms with E-state index >= 15 is 0 Å². The molecule has 3 nitrogen and oxygen atoms in total. The van der Waals surface area contributed by atoms with Crippen molar-refractivity contribution in [3.05, 3.63) is 107 Å². The molecule has 0 amide bonds. The maximum Gasteiger partial charge on any atom is 0.0943 e. The Bertz CT molecular complexity index is 1190. The Balaban J connectivity index is 1.91. The first-order valence-electron chi connectivity index (χ1n) is 12.5. The topological polar surface area (TPSA) is 40.7 Å². The van der Waals surface area contributed by atoms with Gasteiger partial charge in [0.05, 0.1) is 23.1 Å². The van der Waals surface area contributed by atoms with Gasteiger partial charge in [-0.2, -0.15) is 0 Å². The van der Waals surface area contributed by atoms with Gasteiger partial charge in [-0.15, -0.1) is 0 Å². The van der Waals surface area contributed by atoms with Crippen LogP contribution in [0, 0.1) is 0 Å². The summed E-state index contributed by atoms with van der Waals surface area (Å²) >= 11 is 0. The highest BCUT2D eigenvalue weighted by atomic mass is 15.0. The normalized spacial score (nSPS) is 12.5. The summed E-state index contributed by atoms with van der Waals surface area (Å²) in [6, 6.07) is 25.8. The van der Waals surface area contributed by atoms with E-state index in [4.69, 9.17) is 4.98 Å². The van der Waals surface area contributed by atoms with Gasteiger partial charge in [-0.25, -0.2) is 4.98 Å². The molecule has 0 saturated heterocycles. The average Bonchev–Trinajstić information content (AvgIpc) is 3.37. The van der Waals surface area contributed by atoms with Crippen LogP contribution in [0.5, 0.6) is 0 Å². The van der Waals surface area contributed by atoms with Crippen LogP contribution in [0.15, 0.2) is 79.0 Å². The Kier molecular flexibility index (Phi) is 7.21. The minimum Gasteiger partial charge on any atom is -0.372 e. The second-order valence-corrected chi connectivity index (χ2v) is 10.0. The van der Waals surface area contributed by atoms with Crippen LogP contribution in [0.1, 0.15) is 93.3 Å². The maximum absolute atomic E-state index is 5.14. The molecule has 3 heteroatoms. The van der Waals surface area contributed by atoms with E-state index in [2.05, 4.69) is 119 Å². The van der Waals surface area contributed by atoms with Gasteiger partial charge in [0.25, 0.3) is 0 Å². The quantitative estimate of drug-likeness (QED) is 0.281. The van der Waals surface area contributed by atoms with Gasteiger partial charge in [-0.1, -0.05) is 90.1 Å². The summed E-state index contributed by atoms with van der Waals surface area (Å²) in [5.41, 5.74) is 9.57. The molecular weight excluding hydrogens is 414 g/mol. The van der Waals surface area contributed by atoms with E-state index in [0.29, 0.717) is 17.8 Å². The molecular formula is C31H37N3. The first-order chi connectivity index (χ1) is 16.4. The molecule has 0 aliphatic rings. The van der Waals surface area contributed by atoms with Crippen molar-refractivity contribution < 1.29 is 0 Å². The molecule has 2 aromatic carbocycles. The number of nitrogens with one attached hydrogen (secondary N) is 2. The molecule has 0 saturated carbocycles. The average molecular weight is 452 g/mol. The summed E-state index contributed by atoms with van der Waals surface area (Å²) in [4.78, 5) is 8.45. The monoisotopic (exact) mass is 451 g/mol. The van der Waals surface area contributed by atoms with Gasteiger partial charge in [0, 0.05) is 11.9 Å². The van der Waals surface area contributed by atoms with Crippen LogP contribution in [0.4, 0.5) is 5.69 Å². The highest BCUT2D eigenvalue weighted by Crippen LogP contribution is 2.38. The van der Waals surface area contributed by atoms with E-state index in [9.17, 15) is 0 Å². The largest absolute Gasteiger partial charge is 0.372 e. The van der Waals surface area contributed by atoms with Gasteiger partial charge in [0.15, 0.2) is 0 Å². The lowest BCUT2D eigenvalue weighted by atomic mass is 9.88. The Labute approximate surface area is 204 Å². The molecule has 0 spiro atoms. The van der Waals surface area contributed by atoms with Gasteiger partial charge < -0.3 is 10.3 Å². The number of anilines is 1. The Hall–Kier alpha value is -3.33. The molecule has 2 N–H and O–H groups in total. The molecule has 2 aromatic heterocycles. The lowest BCUT2D eigenvalue weighted by Crippen LogP contribution is -2.19. The Morgan fingerprint density at radius 2 is 1.21 bits per heavy atom. The fourth-order valence-electron chi connectivity index (χ4n) is 4.72. The maximum atomic E-state index is 5.14. The zero-order valence-electron chi connectivity index (χ0n) is 21.3. The summed E-state index contributed by atoms with van der Waals surface area (Å²) in [5, 5.41) is 4.01. The fraction of sp³-hybridized carbons (Fsp3) is 0.323. The van der Waals surface area contributed by atoms with Crippen LogP contribution in [-0.4, -0.2) is 9.97 Å². The summed E-state index contributed by atoms with van der Waals surface area (Å²) in [5.74, 6) is 1.25. The number of hydrogen-bond acceptors (Lipinski definition) is 2. The Morgan fingerprint density at radius 3 is 1.79 bits per heavy atom. The molecule has 4 rings (SSSR count). The molecule has 2 heterocycles. The molecule has 4 aromatic rings. The minimum atomic E-state index is -0.0640. The number of rotatable bonds is 8. The van der Waals surface area contributed by atoms with Crippen molar-refractivity contribution >= 4 is 5.69 Å². The molecule has 0 aliphatic carbocycles. The molecule has 1 atom stereocenters. The van der Waals surface area contributed by atoms with Crippen molar-refractivity contribution in [3.63, 3.8) is 0 Å². The van der Waals surface area contributed by atoms with Crippen molar-refractivity contribution in [1.82, 2.24) is 9.97 Å². The number of pyridine rings is 1. The van der Waals surface area contributed by atoms with Crippen LogP contribution in [0.25, 0.3) is 11.4 Å². The van der Waals surface area contributed by atoms with Crippen molar-refractivity contribution in [2.24, 2.45) is 0 Å². The molecule has 34 heavy (non-hydrogen) atoms. The van der Waals surface area contributed by atoms with Crippen molar-refractivity contribution in [1.29, 1.82) is 0 Å². The van der Waals surface area contributed by atoms with Gasteiger partial charge in [0.2, 0.25) is 0 Å². The molecule has 0 unspecified atom stereocenters. The van der Waals surface area contributed by atoms with Gasteiger partial charge in [-0.3, -0.25) is 0 Å². The molecule has 0 fully saturated rings. The highest BCUT2D eigenvalue weighted by Gasteiger charge is 2.24. The number of aromatic amines is 1. The number of H-pyrrole nitrogens is 1. The predicted octanol–water partition coefficient (Wildman–Crippen LogP) is 8.65. The molecule has 0 aliphatic heterocycles. The van der Waals surface area contributed by atoms with E-state index < -0.39 is 0 Å². The van der Waals surface area contributed by atoms with E-state index in [0.717, 1.165) is 17.1 Å². The van der Waals surface area contributed by atoms with Crippen molar-refractivity contribution in [3.8, 4) is 11.4 Å². The third-order valence-electron chi connectivity index (χ3n) is 6.53. The predicted molar refractivity (Wildman–Crippen MR) is 145 cm³/mol. The summed E-state index contributed by atoms with van der Waals surface area (Å²) in [7, 11) is 0. The van der Waals surface area contributed by atoms with E-state index in [1.165, 1.54) is 27.9 Å². The SMILES string of the molecule is CC(C)c1ccccc1[C@@H](Nc1c(C(C)C)cccc1C(C)C)c1cccc(-c2ccc[nH]2)n1. The standard InChI is InChI=1S/C31H37N3/c1-20(2)23-12-7-8-13-26(23)31(29-17-10-16-28(33-29)27-18-11-19-32-27)34-30-24(21(3)4)14-9-15-25(30)22(5)6/h7-22,31-32,34H,1-6H3/t31-/m1/s1. The molecule has 0 bridgehead atoms. The number of hydrogen-bond donors (Lipinski definition) is 2. The van der Waals surface area contributed by atoms with Crippen LogP contribution in [0.3, 0.4) is 0 Å². The molecule has 176 valence electrons. The van der Waals surface area contributed by atoms with Crippen LogP contribution < -0.4 is 5.32 Å². The summed E-state index contributed by atoms with van der Waals surface area (Å²) in [6.07, 6.45) is 1.95. The van der Waals surface area contributed by atoms with Crippen molar-refractivity contribution in [2.45, 2.75) is 65.3 Å². The van der Waals surface area contributed by atoms with E-state index in [-0.39, 0.29) is 6.04 Å². The second-order valence-electron chi connectivity index (χ2n) is 10.0. The third-order valence-corrected chi connectivity index (χ3v) is 6.53. The highest BCUT2D eigenvalue weighted by molar-refractivity contribution is 5.63. The lowest BCUT2D eigenvalue weighted by molar-refractivity contribution is 0.788. The van der Waals surface area contributed by atoms with Crippen LogP contribution in [-0.2, 0) is 0 Å². The van der Waals surface area contributed by atoms with Crippen LogP contribution >= 0.6 is 0 Å². The number of nitrogens with zero attached hydrogens (tertiary/aromatic N) is 1.